The average Bonchev–Trinajstić information content (AvgIpc) is 2.69. The summed E-state index contributed by atoms with van der Waals surface area (Å²) < 4.78 is 1.70. The zero-order valence-corrected chi connectivity index (χ0v) is 9.07. The second-order valence-corrected chi connectivity index (χ2v) is 3.76. The summed E-state index contributed by atoms with van der Waals surface area (Å²) in [5.41, 5.74) is 2.72. The molecule has 1 aromatic carbocycles. The Hall–Kier alpha value is -1.32. The van der Waals surface area contributed by atoms with Gasteiger partial charge in [0.05, 0.1) is 18.0 Å². The van der Waals surface area contributed by atoms with Crippen molar-refractivity contribution in [3.8, 4) is 5.69 Å². The van der Waals surface area contributed by atoms with Crippen LogP contribution in [0.2, 0.25) is 5.02 Å². The first-order valence-electron chi connectivity index (χ1n) is 4.62. The maximum absolute atomic E-state index is 9.14. The molecule has 0 amide bonds. The summed E-state index contributed by atoms with van der Waals surface area (Å²) in [5.74, 6) is 0. The van der Waals surface area contributed by atoms with E-state index < -0.39 is 0 Å². The fourth-order valence-electron chi connectivity index (χ4n) is 1.48. The summed E-state index contributed by atoms with van der Waals surface area (Å²) in [6.45, 7) is 1.94. The summed E-state index contributed by atoms with van der Waals surface area (Å²) >= 11 is 5.93. The Morgan fingerprint density at radius 1 is 1.40 bits per heavy atom. The summed E-state index contributed by atoms with van der Waals surface area (Å²) in [5, 5.41) is 14.0. The van der Waals surface area contributed by atoms with Crippen LogP contribution >= 0.6 is 11.6 Å². The molecule has 0 fully saturated rings. The van der Waals surface area contributed by atoms with E-state index >= 15 is 0 Å². The van der Waals surface area contributed by atoms with Crippen LogP contribution in [0.1, 0.15) is 11.3 Å². The van der Waals surface area contributed by atoms with Crippen LogP contribution in [0.3, 0.4) is 0 Å². The third kappa shape index (κ3) is 1.89. The van der Waals surface area contributed by atoms with Gasteiger partial charge in [-0.1, -0.05) is 17.7 Å². The molecule has 0 saturated carbocycles. The molecule has 2 aromatic rings. The van der Waals surface area contributed by atoms with E-state index in [2.05, 4.69) is 5.10 Å². The van der Waals surface area contributed by atoms with Crippen molar-refractivity contribution in [3.05, 3.63) is 46.7 Å². The SMILES string of the molecule is Cc1ccc(Cl)cc1-n1nccc1CO. The molecule has 0 unspecified atom stereocenters. The third-order valence-corrected chi connectivity index (χ3v) is 2.52. The number of halogens is 1. The molecule has 4 heteroatoms. The highest BCUT2D eigenvalue weighted by molar-refractivity contribution is 6.30. The van der Waals surface area contributed by atoms with Crippen LogP contribution in [0.15, 0.2) is 30.5 Å². The van der Waals surface area contributed by atoms with Gasteiger partial charge in [0.25, 0.3) is 0 Å². The monoisotopic (exact) mass is 222 g/mol. The van der Waals surface area contributed by atoms with E-state index in [9.17, 15) is 0 Å². The van der Waals surface area contributed by atoms with Crippen molar-refractivity contribution in [2.75, 3.05) is 0 Å². The number of nitrogens with zero attached hydrogens (tertiary/aromatic N) is 2. The molecule has 0 spiro atoms. The van der Waals surface area contributed by atoms with E-state index in [1.807, 2.05) is 25.1 Å². The number of aliphatic hydroxyl groups excluding tert-OH is 1. The minimum atomic E-state index is -0.0358. The fourth-order valence-corrected chi connectivity index (χ4v) is 1.64. The minimum Gasteiger partial charge on any atom is -0.390 e. The number of aromatic nitrogens is 2. The van der Waals surface area contributed by atoms with Crippen molar-refractivity contribution >= 4 is 11.6 Å². The average molecular weight is 223 g/mol. The summed E-state index contributed by atoms with van der Waals surface area (Å²) in [7, 11) is 0. The van der Waals surface area contributed by atoms with Crippen LogP contribution in [-0.4, -0.2) is 14.9 Å². The molecule has 0 bridgehead atoms. The van der Waals surface area contributed by atoms with E-state index in [-0.39, 0.29) is 6.61 Å². The van der Waals surface area contributed by atoms with Gasteiger partial charge in [0.15, 0.2) is 0 Å². The molecule has 1 aromatic heterocycles. The highest BCUT2D eigenvalue weighted by Gasteiger charge is 2.06. The fraction of sp³-hybridized carbons (Fsp3) is 0.182. The van der Waals surface area contributed by atoms with Gasteiger partial charge in [-0.05, 0) is 30.7 Å². The Bertz CT molecular complexity index is 479. The molecule has 0 aliphatic carbocycles. The maximum Gasteiger partial charge on any atom is 0.0854 e. The van der Waals surface area contributed by atoms with Crippen molar-refractivity contribution in [3.63, 3.8) is 0 Å². The summed E-state index contributed by atoms with van der Waals surface area (Å²) in [6, 6.07) is 7.38. The Balaban J connectivity index is 2.58. The largest absolute Gasteiger partial charge is 0.390 e. The lowest BCUT2D eigenvalue weighted by atomic mass is 10.2. The molecule has 78 valence electrons. The Labute approximate surface area is 92.9 Å². The van der Waals surface area contributed by atoms with Gasteiger partial charge in [-0.3, -0.25) is 0 Å². The number of hydrogen-bond donors (Lipinski definition) is 1. The molecule has 2 rings (SSSR count). The lowest BCUT2D eigenvalue weighted by Crippen LogP contribution is -2.03. The molecule has 3 nitrogen and oxygen atoms in total. The second kappa shape index (κ2) is 4.04. The normalized spacial score (nSPS) is 10.6. The van der Waals surface area contributed by atoms with Gasteiger partial charge in [-0.25, -0.2) is 4.68 Å². The molecule has 1 N–H and O–H groups in total. The Morgan fingerprint density at radius 2 is 2.20 bits per heavy atom. The molecule has 0 radical (unpaired) electrons. The van der Waals surface area contributed by atoms with Crippen molar-refractivity contribution in [1.29, 1.82) is 0 Å². The topological polar surface area (TPSA) is 38.0 Å². The maximum atomic E-state index is 9.14. The minimum absolute atomic E-state index is 0.0358. The van der Waals surface area contributed by atoms with Crippen molar-refractivity contribution < 1.29 is 5.11 Å². The van der Waals surface area contributed by atoms with Gasteiger partial charge >= 0.3 is 0 Å². The van der Waals surface area contributed by atoms with Crippen LogP contribution in [0.5, 0.6) is 0 Å². The summed E-state index contributed by atoms with van der Waals surface area (Å²) in [4.78, 5) is 0. The number of rotatable bonds is 2. The number of aliphatic hydroxyl groups is 1. The molecule has 0 atom stereocenters. The highest BCUT2D eigenvalue weighted by atomic mass is 35.5. The predicted molar refractivity (Wildman–Crippen MR) is 59.2 cm³/mol. The quantitative estimate of drug-likeness (QED) is 0.847. The van der Waals surface area contributed by atoms with E-state index in [0.29, 0.717) is 5.02 Å². The molecule has 0 aliphatic rings. The zero-order chi connectivity index (χ0) is 10.8. The first-order chi connectivity index (χ1) is 7.22. The van der Waals surface area contributed by atoms with Crippen molar-refractivity contribution in [1.82, 2.24) is 9.78 Å². The van der Waals surface area contributed by atoms with Crippen LogP contribution < -0.4 is 0 Å². The Kier molecular flexibility index (Phi) is 2.75. The first kappa shape index (κ1) is 10.2. The van der Waals surface area contributed by atoms with Gasteiger partial charge in [-0.2, -0.15) is 5.10 Å². The zero-order valence-electron chi connectivity index (χ0n) is 8.31. The van der Waals surface area contributed by atoms with E-state index in [0.717, 1.165) is 16.9 Å². The smallest absolute Gasteiger partial charge is 0.0854 e. The van der Waals surface area contributed by atoms with Gasteiger partial charge in [0, 0.05) is 11.2 Å². The summed E-state index contributed by atoms with van der Waals surface area (Å²) in [6.07, 6.45) is 1.66. The standard InChI is InChI=1S/C11H11ClN2O/c1-8-2-3-9(12)6-11(8)14-10(7-15)4-5-13-14/h2-6,15H,7H2,1H3. The van der Waals surface area contributed by atoms with Crippen molar-refractivity contribution in [2.45, 2.75) is 13.5 Å². The van der Waals surface area contributed by atoms with Crippen LogP contribution in [0.25, 0.3) is 5.69 Å². The van der Waals surface area contributed by atoms with Gasteiger partial charge in [0.1, 0.15) is 0 Å². The first-order valence-corrected chi connectivity index (χ1v) is 5.00. The number of hydrogen-bond acceptors (Lipinski definition) is 2. The number of aryl methyl sites for hydroxylation is 1. The Morgan fingerprint density at radius 3 is 2.93 bits per heavy atom. The molecule has 1 heterocycles. The highest BCUT2D eigenvalue weighted by Crippen LogP contribution is 2.20. The van der Waals surface area contributed by atoms with Crippen LogP contribution in [0.4, 0.5) is 0 Å². The van der Waals surface area contributed by atoms with E-state index in [1.54, 1.807) is 16.9 Å². The molecule has 0 aliphatic heterocycles. The molecule has 15 heavy (non-hydrogen) atoms. The molecule has 0 saturated heterocycles. The van der Waals surface area contributed by atoms with Gasteiger partial charge in [0.2, 0.25) is 0 Å². The molecular formula is C11H11ClN2O. The lowest BCUT2D eigenvalue weighted by Gasteiger charge is -2.09. The second-order valence-electron chi connectivity index (χ2n) is 3.32. The van der Waals surface area contributed by atoms with E-state index in [1.165, 1.54) is 0 Å². The predicted octanol–water partition coefficient (Wildman–Crippen LogP) is 2.33. The van der Waals surface area contributed by atoms with E-state index in [4.69, 9.17) is 16.7 Å². The van der Waals surface area contributed by atoms with Crippen LogP contribution in [0, 0.1) is 6.92 Å². The van der Waals surface area contributed by atoms with Gasteiger partial charge in [-0.15, -0.1) is 0 Å². The van der Waals surface area contributed by atoms with Gasteiger partial charge < -0.3 is 5.11 Å². The van der Waals surface area contributed by atoms with Crippen molar-refractivity contribution in [2.24, 2.45) is 0 Å². The third-order valence-electron chi connectivity index (χ3n) is 2.28. The number of benzene rings is 1. The molecular weight excluding hydrogens is 212 g/mol. The van der Waals surface area contributed by atoms with Crippen LogP contribution in [-0.2, 0) is 6.61 Å². The lowest BCUT2D eigenvalue weighted by molar-refractivity contribution is 0.273.